The van der Waals surface area contributed by atoms with Crippen molar-refractivity contribution in [2.75, 3.05) is 13.1 Å². The molecule has 5 nitrogen and oxygen atoms in total. The zero-order valence-corrected chi connectivity index (χ0v) is 11.3. The summed E-state index contributed by atoms with van der Waals surface area (Å²) in [5, 5.41) is 9.19. The summed E-state index contributed by atoms with van der Waals surface area (Å²) in [5.41, 5.74) is 5.43. The molecule has 1 heterocycles. The van der Waals surface area contributed by atoms with E-state index in [0.29, 0.717) is 30.8 Å². The van der Waals surface area contributed by atoms with Crippen molar-refractivity contribution in [1.29, 1.82) is 0 Å². The topological polar surface area (TPSA) is 79.7 Å². The SMILES string of the molecule is CCN(Cc1cc(=O)c(O)co1)C1CCCC1CN. The van der Waals surface area contributed by atoms with E-state index in [9.17, 15) is 9.90 Å². The van der Waals surface area contributed by atoms with Crippen molar-refractivity contribution in [2.45, 2.75) is 38.8 Å². The molecular weight excluding hydrogens is 244 g/mol. The Hall–Kier alpha value is -1.33. The van der Waals surface area contributed by atoms with E-state index < -0.39 is 0 Å². The normalized spacial score (nSPS) is 23.1. The molecule has 1 aliphatic carbocycles. The Morgan fingerprint density at radius 2 is 2.32 bits per heavy atom. The van der Waals surface area contributed by atoms with Crippen LogP contribution in [0.25, 0.3) is 0 Å². The fraction of sp³-hybridized carbons (Fsp3) is 0.643. The maximum absolute atomic E-state index is 11.4. The van der Waals surface area contributed by atoms with Crippen molar-refractivity contribution in [2.24, 2.45) is 11.7 Å². The van der Waals surface area contributed by atoms with Crippen LogP contribution in [0.15, 0.2) is 21.5 Å². The minimum absolute atomic E-state index is 0.340. The van der Waals surface area contributed by atoms with E-state index in [0.717, 1.165) is 19.2 Å². The average molecular weight is 266 g/mol. The van der Waals surface area contributed by atoms with Gasteiger partial charge in [0, 0.05) is 12.1 Å². The number of hydrogen-bond acceptors (Lipinski definition) is 5. The highest BCUT2D eigenvalue weighted by molar-refractivity contribution is 5.15. The fourth-order valence-corrected chi connectivity index (χ4v) is 2.96. The van der Waals surface area contributed by atoms with Crippen LogP contribution in [0.5, 0.6) is 5.75 Å². The predicted octanol–water partition coefficient (Wildman–Crippen LogP) is 1.29. The average Bonchev–Trinajstić information content (AvgIpc) is 2.88. The monoisotopic (exact) mass is 266 g/mol. The summed E-state index contributed by atoms with van der Waals surface area (Å²) in [6.45, 7) is 4.30. The molecule has 5 heteroatoms. The second kappa shape index (κ2) is 6.21. The van der Waals surface area contributed by atoms with Gasteiger partial charge in [-0.25, -0.2) is 0 Å². The van der Waals surface area contributed by atoms with Gasteiger partial charge < -0.3 is 15.3 Å². The van der Waals surface area contributed by atoms with Gasteiger partial charge in [-0.2, -0.15) is 0 Å². The van der Waals surface area contributed by atoms with Crippen LogP contribution in [-0.2, 0) is 6.54 Å². The van der Waals surface area contributed by atoms with Gasteiger partial charge in [0.1, 0.15) is 12.0 Å². The smallest absolute Gasteiger partial charge is 0.226 e. The summed E-state index contributed by atoms with van der Waals surface area (Å²) < 4.78 is 5.28. The lowest BCUT2D eigenvalue weighted by atomic mass is 10.0. The zero-order valence-electron chi connectivity index (χ0n) is 11.3. The number of rotatable bonds is 5. The molecule has 3 N–H and O–H groups in total. The van der Waals surface area contributed by atoms with Gasteiger partial charge in [-0.15, -0.1) is 0 Å². The maximum atomic E-state index is 11.4. The summed E-state index contributed by atoms with van der Waals surface area (Å²) in [5.74, 6) is 0.781. The largest absolute Gasteiger partial charge is 0.502 e. The maximum Gasteiger partial charge on any atom is 0.226 e. The molecule has 1 aromatic rings. The van der Waals surface area contributed by atoms with Gasteiger partial charge in [0.25, 0.3) is 0 Å². The molecule has 1 aromatic heterocycles. The Morgan fingerprint density at radius 1 is 1.53 bits per heavy atom. The third-order valence-electron chi connectivity index (χ3n) is 4.02. The summed E-state index contributed by atoms with van der Waals surface area (Å²) in [6.07, 6.45) is 4.65. The number of nitrogens with zero attached hydrogens (tertiary/aromatic N) is 1. The quantitative estimate of drug-likeness (QED) is 0.839. The molecule has 0 aromatic carbocycles. The summed E-state index contributed by atoms with van der Waals surface area (Å²) in [7, 11) is 0. The van der Waals surface area contributed by atoms with Crippen molar-refractivity contribution >= 4 is 0 Å². The van der Waals surface area contributed by atoms with Gasteiger partial charge in [-0.05, 0) is 31.8 Å². The molecule has 106 valence electrons. The molecular formula is C14H22N2O3. The van der Waals surface area contributed by atoms with Gasteiger partial charge in [-0.1, -0.05) is 13.3 Å². The Bertz CT molecular complexity index is 472. The predicted molar refractivity (Wildman–Crippen MR) is 72.9 cm³/mol. The third-order valence-corrected chi connectivity index (χ3v) is 4.02. The van der Waals surface area contributed by atoms with E-state index in [-0.39, 0.29) is 11.2 Å². The van der Waals surface area contributed by atoms with Gasteiger partial charge in [0.15, 0.2) is 5.75 Å². The second-order valence-corrected chi connectivity index (χ2v) is 5.15. The highest BCUT2D eigenvalue weighted by Crippen LogP contribution is 2.30. The Labute approximate surface area is 113 Å². The number of hydrogen-bond donors (Lipinski definition) is 2. The third kappa shape index (κ3) is 3.16. The van der Waals surface area contributed by atoms with Crippen molar-refractivity contribution in [1.82, 2.24) is 4.90 Å². The lowest BCUT2D eigenvalue weighted by Crippen LogP contribution is -2.39. The molecule has 0 bridgehead atoms. The first-order chi connectivity index (χ1) is 9.15. The summed E-state index contributed by atoms with van der Waals surface area (Å²) in [4.78, 5) is 13.7. The van der Waals surface area contributed by atoms with E-state index in [1.54, 1.807) is 0 Å². The van der Waals surface area contributed by atoms with Crippen molar-refractivity contribution < 1.29 is 9.52 Å². The van der Waals surface area contributed by atoms with Gasteiger partial charge in [0.2, 0.25) is 5.43 Å². The molecule has 0 saturated heterocycles. The van der Waals surface area contributed by atoms with Crippen molar-refractivity contribution in [3.05, 3.63) is 28.3 Å². The molecule has 0 radical (unpaired) electrons. The molecule has 0 spiro atoms. The Balaban J connectivity index is 2.10. The minimum Gasteiger partial charge on any atom is -0.502 e. The summed E-state index contributed by atoms with van der Waals surface area (Å²) >= 11 is 0. The molecule has 2 unspecified atom stereocenters. The molecule has 1 aliphatic rings. The molecule has 2 atom stereocenters. The Kier molecular flexibility index (Phi) is 4.61. The van der Waals surface area contributed by atoms with Crippen LogP contribution in [-0.4, -0.2) is 29.1 Å². The van der Waals surface area contributed by atoms with Crippen LogP contribution >= 0.6 is 0 Å². The van der Waals surface area contributed by atoms with E-state index in [1.807, 2.05) is 0 Å². The zero-order chi connectivity index (χ0) is 13.8. The van der Waals surface area contributed by atoms with Crippen molar-refractivity contribution in [3.8, 4) is 5.75 Å². The standard InChI is InChI=1S/C14H22N2O3/c1-2-16(12-5-3-4-10(12)7-15)8-11-6-13(17)14(18)9-19-11/h6,9-10,12,18H,2-5,7-8,15H2,1H3. The first-order valence-corrected chi connectivity index (χ1v) is 6.90. The summed E-state index contributed by atoms with van der Waals surface area (Å²) in [6, 6.07) is 1.83. The van der Waals surface area contributed by atoms with E-state index in [2.05, 4.69) is 11.8 Å². The minimum atomic E-state index is -0.390. The lowest BCUT2D eigenvalue weighted by molar-refractivity contribution is 0.149. The fourth-order valence-electron chi connectivity index (χ4n) is 2.96. The molecule has 0 amide bonds. The van der Waals surface area contributed by atoms with Crippen LogP contribution in [0.4, 0.5) is 0 Å². The lowest BCUT2D eigenvalue weighted by Gasteiger charge is -2.31. The van der Waals surface area contributed by atoms with Gasteiger partial charge >= 0.3 is 0 Å². The van der Waals surface area contributed by atoms with Crippen LogP contribution in [0.2, 0.25) is 0 Å². The van der Waals surface area contributed by atoms with Crippen LogP contribution < -0.4 is 11.2 Å². The van der Waals surface area contributed by atoms with Crippen LogP contribution in [0.1, 0.15) is 31.9 Å². The number of aromatic hydroxyl groups is 1. The highest BCUT2D eigenvalue weighted by atomic mass is 16.4. The first kappa shape index (κ1) is 14.1. The van der Waals surface area contributed by atoms with E-state index in [1.165, 1.54) is 18.9 Å². The first-order valence-electron chi connectivity index (χ1n) is 6.90. The molecule has 1 fully saturated rings. The second-order valence-electron chi connectivity index (χ2n) is 5.15. The number of nitrogens with two attached hydrogens (primary N) is 1. The highest BCUT2D eigenvalue weighted by Gasteiger charge is 2.30. The van der Waals surface area contributed by atoms with E-state index in [4.69, 9.17) is 10.2 Å². The van der Waals surface area contributed by atoms with Crippen LogP contribution in [0, 0.1) is 5.92 Å². The molecule has 1 saturated carbocycles. The Morgan fingerprint density at radius 3 is 2.95 bits per heavy atom. The van der Waals surface area contributed by atoms with Crippen LogP contribution in [0.3, 0.4) is 0 Å². The molecule has 19 heavy (non-hydrogen) atoms. The van der Waals surface area contributed by atoms with Gasteiger partial charge in [-0.3, -0.25) is 9.69 Å². The molecule has 2 rings (SSSR count). The molecule has 0 aliphatic heterocycles. The van der Waals surface area contributed by atoms with Gasteiger partial charge in [0.05, 0.1) is 6.54 Å². The van der Waals surface area contributed by atoms with Crippen molar-refractivity contribution in [3.63, 3.8) is 0 Å². The van der Waals surface area contributed by atoms with E-state index >= 15 is 0 Å².